The molecular formula is C9H11NS. The molecule has 11 heavy (non-hydrogen) atoms. The van der Waals surface area contributed by atoms with Crippen molar-refractivity contribution in [1.82, 2.24) is 0 Å². The molecule has 1 atom stereocenters. The molecule has 1 aliphatic rings. The lowest BCUT2D eigenvalue weighted by Gasteiger charge is -2.19. The van der Waals surface area contributed by atoms with Crippen molar-refractivity contribution in [2.45, 2.75) is 23.1 Å². The van der Waals surface area contributed by atoms with Crippen molar-refractivity contribution in [3.05, 3.63) is 29.8 Å². The third-order valence-electron chi connectivity index (χ3n) is 1.95. The lowest BCUT2D eigenvalue weighted by atomic mass is 10.1. The first kappa shape index (κ1) is 7.19. The average molecular weight is 165 g/mol. The molecule has 58 valence electrons. The molecule has 2 heteroatoms. The van der Waals surface area contributed by atoms with Crippen LogP contribution in [0.5, 0.6) is 0 Å². The van der Waals surface area contributed by atoms with Gasteiger partial charge in [0.1, 0.15) is 0 Å². The van der Waals surface area contributed by atoms with Gasteiger partial charge in [0.25, 0.3) is 0 Å². The summed E-state index contributed by atoms with van der Waals surface area (Å²) < 4.78 is 0. The number of nitrogens with two attached hydrogens (primary N) is 1. The number of hydrogen-bond acceptors (Lipinski definition) is 2. The van der Waals surface area contributed by atoms with Gasteiger partial charge in [0, 0.05) is 4.90 Å². The molecule has 1 nitrogen and oxygen atoms in total. The minimum Gasteiger partial charge on any atom is -0.319 e. The molecule has 1 aliphatic heterocycles. The van der Waals surface area contributed by atoms with Crippen molar-refractivity contribution in [2.75, 3.05) is 0 Å². The van der Waals surface area contributed by atoms with Crippen LogP contribution in [0.4, 0.5) is 0 Å². The van der Waals surface area contributed by atoms with E-state index in [0.717, 1.165) is 12.8 Å². The van der Waals surface area contributed by atoms with Crippen LogP contribution in [0.1, 0.15) is 12.0 Å². The van der Waals surface area contributed by atoms with Gasteiger partial charge in [0.2, 0.25) is 0 Å². The zero-order chi connectivity index (χ0) is 7.68. The molecule has 0 radical (unpaired) electrons. The highest BCUT2D eigenvalue weighted by Gasteiger charge is 2.14. The lowest BCUT2D eigenvalue weighted by molar-refractivity contribution is 0.758. The van der Waals surface area contributed by atoms with Crippen LogP contribution in [-0.2, 0) is 6.42 Å². The highest BCUT2D eigenvalue weighted by molar-refractivity contribution is 8.00. The summed E-state index contributed by atoms with van der Waals surface area (Å²) in [5, 5.41) is 0.310. The Morgan fingerprint density at radius 1 is 1.36 bits per heavy atom. The average Bonchev–Trinajstić information content (AvgIpc) is 2.04. The normalized spacial score (nSPS) is 22.8. The Morgan fingerprint density at radius 3 is 3.09 bits per heavy atom. The molecule has 2 N–H and O–H groups in total. The largest absolute Gasteiger partial charge is 0.319 e. The quantitative estimate of drug-likeness (QED) is 0.636. The van der Waals surface area contributed by atoms with Crippen LogP contribution in [0.25, 0.3) is 0 Å². The Hall–Kier alpha value is -0.470. The van der Waals surface area contributed by atoms with Gasteiger partial charge < -0.3 is 5.73 Å². The topological polar surface area (TPSA) is 26.0 Å². The maximum atomic E-state index is 5.81. The first-order valence-corrected chi connectivity index (χ1v) is 4.74. The van der Waals surface area contributed by atoms with E-state index >= 15 is 0 Å². The zero-order valence-electron chi connectivity index (χ0n) is 6.29. The summed E-state index contributed by atoms with van der Waals surface area (Å²) in [6, 6.07) is 8.51. The Kier molecular flexibility index (Phi) is 1.88. The van der Waals surface area contributed by atoms with E-state index in [1.165, 1.54) is 10.5 Å². The first-order chi connectivity index (χ1) is 5.36. The van der Waals surface area contributed by atoms with E-state index < -0.39 is 0 Å². The Bertz CT molecular complexity index is 259. The van der Waals surface area contributed by atoms with Gasteiger partial charge in [0.15, 0.2) is 0 Å². The van der Waals surface area contributed by atoms with Crippen LogP contribution < -0.4 is 5.73 Å². The summed E-state index contributed by atoms with van der Waals surface area (Å²) in [5.74, 6) is 0. The van der Waals surface area contributed by atoms with Crippen LogP contribution in [-0.4, -0.2) is 5.37 Å². The van der Waals surface area contributed by atoms with E-state index in [4.69, 9.17) is 5.73 Å². The van der Waals surface area contributed by atoms with E-state index in [0.29, 0.717) is 5.37 Å². The van der Waals surface area contributed by atoms with Gasteiger partial charge in [-0.15, -0.1) is 11.8 Å². The zero-order valence-corrected chi connectivity index (χ0v) is 7.10. The number of hydrogen-bond donors (Lipinski definition) is 1. The molecule has 0 saturated carbocycles. The second kappa shape index (κ2) is 2.88. The smallest absolute Gasteiger partial charge is 0.0557 e. The fourth-order valence-electron chi connectivity index (χ4n) is 1.35. The predicted octanol–water partition coefficient (Wildman–Crippen LogP) is 2.01. The third kappa shape index (κ3) is 1.42. The van der Waals surface area contributed by atoms with Crippen molar-refractivity contribution < 1.29 is 0 Å². The Labute approximate surface area is 71.0 Å². The van der Waals surface area contributed by atoms with Crippen LogP contribution in [0, 0.1) is 0 Å². The maximum Gasteiger partial charge on any atom is 0.0557 e. The number of rotatable bonds is 0. The molecule has 0 aromatic heterocycles. The maximum absolute atomic E-state index is 5.81. The van der Waals surface area contributed by atoms with Gasteiger partial charge in [-0.25, -0.2) is 0 Å². The molecular weight excluding hydrogens is 154 g/mol. The van der Waals surface area contributed by atoms with Crippen molar-refractivity contribution in [3.8, 4) is 0 Å². The highest BCUT2D eigenvalue weighted by atomic mass is 32.2. The fraction of sp³-hybridized carbons (Fsp3) is 0.333. The second-order valence-corrected chi connectivity index (χ2v) is 4.08. The molecule has 0 saturated heterocycles. The SMILES string of the molecule is NC1CCc2ccccc2S1. The van der Waals surface area contributed by atoms with E-state index in [-0.39, 0.29) is 0 Å². The molecule has 2 rings (SSSR count). The van der Waals surface area contributed by atoms with Gasteiger partial charge in [0.05, 0.1) is 5.37 Å². The summed E-state index contributed by atoms with van der Waals surface area (Å²) in [7, 11) is 0. The number of fused-ring (bicyclic) bond motifs is 1. The Morgan fingerprint density at radius 2 is 2.18 bits per heavy atom. The standard InChI is InChI=1S/C9H11NS/c10-9-6-5-7-3-1-2-4-8(7)11-9/h1-4,9H,5-6,10H2. The predicted molar refractivity (Wildman–Crippen MR) is 48.6 cm³/mol. The molecule has 0 amide bonds. The van der Waals surface area contributed by atoms with Gasteiger partial charge in [-0.05, 0) is 24.5 Å². The van der Waals surface area contributed by atoms with Gasteiger partial charge in [-0.1, -0.05) is 18.2 Å². The monoisotopic (exact) mass is 165 g/mol. The first-order valence-electron chi connectivity index (χ1n) is 3.86. The summed E-state index contributed by atoms with van der Waals surface area (Å²) in [6.45, 7) is 0. The molecule has 0 fully saturated rings. The molecule has 1 heterocycles. The lowest BCUT2D eigenvalue weighted by Crippen LogP contribution is -2.19. The summed E-state index contributed by atoms with van der Waals surface area (Å²) >= 11 is 1.79. The Balaban J connectivity index is 2.34. The van der Waals surface area contributed by atoms with E-state index in [1.807, 2.05) is 0 Å². The van der Waals surface area contributed by atoms with Crippen molar-refractivity contribution in [1.29, 1.82) is 0 Å². The summed E-state index contributed by atoms with van der Waals surface area (Å²) in [6.07, 6.45) is 2.26. The fourth-order valence-corrected chi connectivity index (χ4v) is 2.39. The van der Waals surface area contributed by atoms with Crippen molar-refractivity contribution in [2.24, 2.45) is 5.73 Å². The van der Waals surface area contributed by atoms with Crippen molar-refractivity contribution in [3.63, 3.8) is 0 Å². The number of benzene rings is 1. The van der Waals surface area contributed by atoms with Crippen LogP contribution in [0.15, 0.2) is 29.2 Å². The summed E-state index contributed by atoms with van der Waals surface area (Å²) in [4.78, 5) is 1.37. The van der Waals surface area contributed by atoms with Gasteiger partial charge in [-0.2, -0.15) is 0 Å². The summed E-state index contributed by atoms with van der Waals surface area (Å²) in [5.41, 5.74) is 7.27. The third-order valence-corrected chi connectivity index (χ3v) is 3.14. The van der Waals surface area contributed by atoms with Crippen LogP contribution >= 0.6 is 11.8 Å². The van der Waals surface area contributed by atoms with E-state index in [2.05, 4.69) is 24.3 Å². The van der Waals surface area contributed by atoms with Crippen molar-refractivity contribution >= 4 is 11.8 Å². The minimum atomic E-state index is 0.310. The van der Waals surface area contributed by atoms with Gasteiger partial charge in [-0.3, -0.25) is 0 Å². The molecule has 0 spiro atoms. The molecule has 1 aromatic rings. The van der Waals surface area contributed by atoms with E-state index in [1.54, 1.807) is 11.8 Å². The van der Waals surface area contributed by atoms with Crippen LogP contribution in [0.2, 0.25) is 0 Å². The molecule has 0 bridgehead atoms. The van der Waals surface area contributed by atoms with E-state index in [9.17, 15) is 0 Å². The molecule has 0 aliphatic carbocycles. The second-order valence-electron chi connectivity index (χ2n) is 2.80. The van der Waals surface area contributed by atoms with Crippen LogP contribution in [0.3, 0.4) is 0 Å². The molecule has 1 unspecified atom stereocenters. The minimum absolute atomic E-state index is 0.310. The van der Waals surface area contributed by atoms with Gasteiger partial charge >= 0.3 is 0 Å². The highest BCUT2D eigenvalue weighted by Crippen LogP contribution is 2.32. The number of thioether (sulfide) groups is 1. The number of aryl methyl sites for hydroxylation is 1. The molecule has 1 aromatic carbocycles.